The van der Waals surface area contributed by atoms with E-state index in [1.54, 1.807) is 40.0 Å². The Bertz CT molecular complexity index is 1680. The SMILES string of the molecule is C=C(CC1=NC=C(F)CC=C1)NC(CCc1c(C(N)(/C(C)=N/N(CC)C(=O)OC)c2noc(C)n2)[nH]c2ccccc12)=NC. The predicted molar refractivity (Wildman–Crippen MR) is 169 cm³/mol. The summed E-state index contributed by atoms with van der Waals surface area (Å²) in [6, 6.07) is 7.83. The van der Waals surface area contributed by atoms with E-state index in [9.17, 15) is 9.18 Å². The van der Waals surface area contributed by atoms with Crippen LogP contribution in [0.5, 0.6) is 0 Å². The number of halogens is 1. The molecular weight excluding hydrogens is 565 g/mol. The number of benzene rings is 1. The fourth-order valence-corrected chi connectivity index (χ4v) is 4.92. The van der Waals surface area contributed by atoms with E-state index in [1.165, 1.54) is 18.3 Å². The molecule has 1 aliphatic heterocycles. The number of aromatic nitrogens is 3. The number of carbonyl (C=O) groups is 1. The average molecular weight is 604 g/mol. The van der Waals surface area contributed by atoms with E-state index in [0.717, 1.165) is 16.5 Å². The summed E-state index contributed by atoms with van der Waals surface area (Å²) >= 11 is 0. The average Bonchev–Trinajstić information content (AvgIpc) is 3.57. The Kier molecular flexibility index (Phi) is 10.2. The van der Waals surface area contributed by atoms with Crippen molar-refractivity contribution in [3.05, 3.63) is 83.7 Å². The molecule has 0 fully saturated rings. The molecule has 3 heterocycles. The van der Waals surface area contributed by atoms with Crippen LogP contribution in [-0.4, -0.2) is 64.2 Å². The summed E-state index contributed by atoms with van der Waals surface area (Å²) in [7, 11) is 2.99. The molecule has 0 saturated heterocycles. The Morgan fingerprint density at radius 3 is 2.82 bits per heavy atom. The number of amides is 1. The number of nitrogens with zero attached hydrogens (tertiary/aromatic N) is 6. The number of allylic oxidation sites excluding steroid dienone is 4. The van der Waals surface area contributed by atoms with E-state index >= 15 is 0 Å². The largest absolute Gasteiger partial charge is 0.451 e. The zero-order valence-electron chi connectivity index (χ0n) is 25.6. The molecule has 0 aliphatic carbocycles. The first-order valence-corrected chi connectivity index (χ1v) is 14.2. The van der Waals surface area contributed by atoms with Crippen LogP contribution < -0.4 is 11.1 Å². The standard InChI is InChI=1S/C31H38FN9O3/c1-7-41(30(42)43-6)39-20(3)31(33,29-37-21(4)44-40-29)28-25(24-13-8-9-14-26(24)38-28)15-16-27(34-5)36-19(2)17-23-12-10-11-22(32)18-35-23/h8-10,12-14,18,38H,2,7,11,15-17,33H2,1,3-6H3,(H,34,36)/b39-20+. The molecule has 4 rings (SSSR count). The number of rotatable bonds is 11. The maximum Gasteiger partial charge on any atom is 0.430 e. The smallest absolute Gasteiger partial charge is 0.430 e. The number of H-pyrrole nitrogens is 1. The maximum absolute atomic E-state index is 13.6. The Balaban J connectivity index is 1.70. The third-order valence-electron chi connectivity index (χ3n) is 7.21. The number of nitrogens with one attached hydrogen (secondary N) is 2. The molecule has 232 valence electrons. The van der Waals surface area contributed by atoms with Crippen molar-refractivity contribution in [3.8, 4) is 0 Å². The minimum absolute atomic E-state index is 0.184. The van der Waals surface area contributed by atoms with E-state index in [2.05, 4.69) is 42.1 Å². The van der Waals surface area contributed by atoms with E-state index in [0.29, 0.717) is 53.8 Å². The van der Waals surface area contributed by atoms with Gasteiger partial charge in [0.15, 0.2) is 5.54 Å². The highest BCUT2D eigenvalue weighted by Crippen LogP contribution is 2.35. The Hall–Kier alpha value is -4.91. The van der Waals surface area contributed by atoms with Crippen molar-refractivity contribution in [2.24, 2.45) is 20.8 Å². The summed E-state index contributed by atoms with van der Waals surface area (Å²) in [4.78, 5) is 29.0. The number of para-hydroxylation sites is 1. The third-order valence-corrected chi connectivity index (χ3v) is 7.21. The monoisotopic (exact) mass is 603 g/mol. The normalized spacial score (nSPS) is 15.3. The lowest BCUT2D eigenvalue weighted by atomic mass is 9.86. The number of amidine groups is 1. The molecule has 12 nitrogen and oxygen atoms in total. The molecule has 1 unspecified atom stereocenters. The van der Waals surface area contributed by atoms with Crippen LogP contribution in [0.3, 0.4) is 0 Å². The van der Waals surface area contributed by atoms with Gasteiger partial charge in [-0.15, -0.1) is 0 Å². The number of carbonyl (C=O) groups excluding carboxylic acids is 1. The lowest BCUT2D eigenvalue weighted by Crippen LogP contribution is -2.48. The van der Waals surface area contributed by atoms with Gasteiger partial charge in [-0.05, 0) is 38.0 Å². The highest BCUT2D eigenvalue weighted by atomic mass is 19.1. The van der Waals surface area contributed by atoms with E-state index < -0.39 is 11.6 Å². The van der Waals surface area contributed by atoms with Crippen molar-refractivity contribution in [2.45, 2.75) is 52.0 Å². The van der Waals surface area contributed by atoms with E-state index in [-0.39, 0.29) is 24.6 Å². The van der Waals surface area contributed by atoms with Gasteiger partial charge < -0.3 is 25.3 Å². The summed E-state index contributed by atoms with van der Waals surface area (Å²) < 4.78 is 23.8. The number of ether oxygens (including phenoxy) is 1. The molecule has 4 N–H and O–H groups in total. The van der Waals surface area contributed by atoms with Crippen molar-refractivity contribution >= 4 is 34.3 Å². The van der Waals surface area contributed by atoms with Crippen LogP contribution in [-0.2, 0) is 16.7 Å². The number of hydrazone groups is 1. The van der Waals surface area contributed by atoms with Crippen LogP contribution >= 0.6 is 0 Å². The van der Waals surface area contributed by atoms with Crippen molar-refractivity contribution in [2.75, 3.05) is 20.7 Å². The van der Waals surface area contributed by atoms with Crippen molar-refractivity contribution in [1.29, 1.82) is 0 Å². The lowest BCUT2D eigenvalue weighted by molar-refractivity contribution is 0.127. The molecule has 0 spiro atoms. The van der Waals surface area contributed by atoms with Crippen molar-refractivity contribution < 1.29 is 18.4 Å². The van der Waals surface area contributed by atoms with Gasteiger partial charge in [0.2, 0.25) is 11.7 Å². The summed E-state index contributed by atoms with van der Waals surface area (Å²) in [5.74, 6) is 0.913. The van der Waals surface area contributed by atoms with E-state index in [1.807, 2.05) is 24.3 Å². The van der Waals surface area contributed by atoms with Gasteiger partial charge in [-0.25, -0.2) is 9.18 Å². The molecule has 13 heteroatoms. The number of hydrogen-bond donors (Lipinski definition) is 3. The van der Waals surface area contributed by atoms with Gasteiger partial charge in [0, 0.05) is 62.1 Å². The minimum atomic E-state index is -1.50. The molecule has 0 bridgehead atoms. The van der Waals surface area contributed by atoms with Gasteiger partial charge >= 0.3 is 6.09 Å². The Morgan fingerprint density at radius 1 is 1.36 bits per heavy atom. The zero-order valence-corrected chi connectivity index (χ0v) is 25.6. The molecule has 44 heavy (non-hydrogen) atoms. The topological polar surface area (TPSA) is 159 Å². The second-order valence-corrected chi connectivity index (χ2v) is 10.2. The van der Waals surface area contributed by atoms with Crippen LogP contribution in [0.2, 0.25) is 0 Å². The molecule has 1 aliphatic rings. The van der Waals surface area contributed by atoms with Crippen LogP contribution in [0.25, 0.3) is 10.9 Å². The number of methoxy groups -OCH3 is 1. The third kappa shape index (κ3) is 7.00. The number of aryl methyl sites for hydroxylation is 2. The molecule has 2 aromatic heterocycles. The molecule has 1 amide bonds. The van der Waals surface area contributed by atoms with Crippen LogP contribution in [0.1, 0.15) is 56.1 Å². The second-order valence-electron chi connectivity index (χ2n) is 10.2. The second kappa shape index (κ2) is 14.0. The molecule has 1 aromatic carbocycles. The fraction of sp³-hybridized carbons (Fsp3) is 0.355. The van der Waals surface area contributed by atoms with Crippen LogP contribution in [0.4, 0.5) is 9.18 Å². The summed E-state index contributed by atoms with van der Waals surface area (Å²) in [6.45, 7) is 9.54. The van der Waals surface area contributed by atoms with Gasteiger partial charge in [0.1, 0.15) is 11.7 Å². The van der Waals surface area contributed by atoms with Gasteiger partial charge in [-0.1, -0.05) is 36.0 Å². The van der Waals surface area contributed by atoms with Gasteiger partial charge in [-0.3, -0.25) is 9.98 Å². The quantitative estimate of drug-likeness (QED) is 0.154. The molecule has 0 saturated carbocycles. The van der Waals surface area contributed by atoms with Gasteiger partial charge in [0.05, 0.1) is 24.7 Å². The number of nitrogens with two attached hydrogens (primary N) is 1. The Labute approximate surface area is 255 Å². The highest BCUT2D eigenvalue weighted by molar-refractivity contribution is 5.99. The summed E-state index contributed by atoms with van der Waals surface area (Å²) in [5.41, 5.74) is 9.77. The van der Waals surface area contributed by atoms with Crippen molar-refractivity contribution in [1.82, 2.24) is 25.5 Å². The molecule has 0 radical (unpaired) electrons. The van der Waals surface area contributed by atoms with Crippen LogP contribution in [0.15, 0.2) is 80.3 Å². The lowest BCUT2D eigenvalue weighted by Gasteiger charge is -2.28. The first kappa shape index (κ1) is 32.0. The minimum Gasteiger partial charge on any atom is -0.451 e. The zero-order chi connectivity index (χ0) is 31.9. The first-order chi connectivity index (χ1) is 21.1. The summed E-state index contributed by atoms with van der Waals surface area (Å²) in [5, 5.41) is 14.1. The summed E-state index contributed by atoms with van der Waals surface area (Å²) in [6.07, 6.45) is 5.77. The molecule has 1 atom stereocenters. The van der Waals surface area contributed by atoms with Gasteiger partial charge in [0.25, 0.3) is 0 Å². The Morgan fingerprint density at radius 2 is 2.14 bits per heavy atom. The molecular formula is C31H38FN9O3. The fourth-order valence-electron chi connectivity index (χ4n) is 4.92. The number of fused-ring (bicyclic) bond motifs is 1. The first-order valence-electron chi connectivity index (χ1n) is 14.2. The van der Waals surface area contributed by atoms with E-state index in [4.69, 9.17) is 15.0 Å². The predicted octanol–water partition coefficient (Wildman–Crippen LogP) is 5.19. The highest BCUT2D eigenvalue weighted by Gasteiger charge is 2.42. The van der Waals surface area contributed by atoms with Crippen LogP contribution in [0, 0.1) is 6.92 Å². The number of hydrogen-bond acceptors (Lipinski definition) is 9. The van der Waals surface area contributed by atoms with Crippen molar-refractivity contribution in [3.63, 3.8) is 0 Å². The van der Waals surface area contributed by atoms with Gasteiger partial charge in [-0.2, -0.15) is 15.1 Å². The maximum atomic E-state index is 13.6. The number of aromatic amines is 1. The molecule has 3 aromatic rings. The number of aliphatic imine (C=N–C) groups is 2.